The summed E-state index contributed by atoms with van der Waals surface area (Å²) in [6.45, 7) is 7.31. The van der Waals surface area contributed by atoms with E-state index in [4.69, 9.17) is 4.74 Å². The maximum absolute atomic E-state index is 13.8. The molecule has 0 aliphatic carbocycles. The van der Waals surface area contributed by atoms with Crippen LogP contribution in [-0.2, 0) is 19.0 Å². The van der Waals surface area contributed by atoms with E-state index in [1.54, 1.807) is 12.2 Å². The van der Waals surface area contributed by atoms with Gasteiger partial charge in [-0.1, -0.05) is 12.2 Å². The van der Waals surface area contributed by atoms with Crippen LogP contribution in [0, 0.1) is 5.82 Å². The number of alkyl halides is 3. The van der Waals surface area contributed by atoms with E-state index in [1.165, 1.54) is 37.4 Å². The van der Waals surface area contributed by atoms with Crippen LogP contribution in [-0.4, -0.2) is 23.0 Å². The van der Waals surface area contributed by atoms with Crippen molar-refractivity contribution < 1.29 is 27.1 Å². The van der Waals surface area contributed by atoms with Crippen LogP contribution >= 0.6 is 0 Å². The number of allylic oxidation sites excluding steroid dienone is 2. The quantitative estimate of drug-likeness (QED) is 0.246. The molecule has 1 amide bonds. The molecule has 0 saturated heterocycles. The Kier molecular flexibility index (Phi) is 8.42. The first-order valence-electron chi connectivity index (χ1n) is 10.9. The number of rotatable bonds is 10. The smallest absolute Gasteiger partial charge is 0.433 e. The SMILES string of the molecule is C=CCCc1cc(F)ccc1Nc1cnc(C(F)(F)F)cc1C(=O)Nc1ccc(OC)nc1CC=C. The topological polar surface area (TPSA) is 76.1 Å². The van der Waals surface area contributed by atoms with Gasteiger partial charge >= 0.3 is 6.18 Å². The third-order valence-corrected chi connectivity index (χ3v) is 5.14. The predicted octanol–water partition coefficient (Wildman–Crippen LogP) is 6.49. The van der Waals surface area contributed by atoms with Crippen molar-refractivity contribution in [2.24, 2.45) is 0 Å². The number of pyridine rings is 2. The molecule has 2 N–H and O–H groups in total. The Balaban J connectivity index is 2.03. The van der Waals surface area contributed by atoms with Crippen LogP contribution in [0.2, 0.25) is 0 Å². The molecular weight excluding hydrogens is 476 g/mol. The van der Waals surface area contributed by atoms with Gasteiger partial charge in [0.15, 0.2) is 0 Å². The number of nitrogens with one attached hydrogen (secondary N) is 2. The Morgan fingerprint density at radius 2 is 1.83 bits per heavy atom. The van der Waals surface area contributed by atoms with Crippen molar-refractivity contribution in [2.45, 2.75) is 25.4 Å². The van der Waals surface area contributed by atoms with Gasteiger partial charge < -0.3 is 15.4 Å². The van der Waals surface area contributed by atoms with Gasteiger partial charge in [0.2, 0.25) is 5.88 Å². The van der Waals surface area contributed by atoms with E-state index in [1.807, 2.05) is 0 Å². The predicted molar refractivity (Wildman–Crippen MR) is 130 cm³/mol. The Morgan fingerprint density at radius 1 is 1.08 bits per heavy atom. The number of benzene rings is 1. The summed E-state index contributed by atoms with van der Waals surface area (Å²) in [4.78, 5) is 21.0. The molecule has 0 aliphatic heterocycles. The number of methoxy groups -OCH3 is 1. The van der Waals surface area contributed by atoms with Crippen molar-refractivity contribution in [1.29, 1.82) is 0 Å². The van der Waals surface area contributed by atoms with Crippen LogP contribution in [0.5, 0.6) is 5.88 Å². The summed E-state index contributed by atoms with van der Waals surface area (Å²) in [5.74, 6) is -0.985. The summed E-state index contributed by atoms with van der Waals surface area (Å²) < 4.78 is 59.2. The second-order valence-corrected chi connectivity index (χ2v) is 7.66. The Hall–Kier alpha value is -4.21. The Labute approximate surface area is 205 Å². The number of aromatic nitrogens is 2. The molecule has 10 heteroatoms. The van der Waals surface area contributed by atoms with Crippen LogP contribution < -0.4 is 15.4 Å². The molecule has 1 aromatic carbocycles. The second-order valence-electron chi connectivity index (χ2n) is 7.66. The second kappa shape index (κ2) is 11.5. The van der Waals surface area contributed by atoms with Crippen LogP contribution in [0.4, 0.5) is 34.6 Å². The third-order valence-electron chi connectivity index (χ3n) is 5.14. The minimum atomic E-state index is -4.77. The Bertz CT molecular complexity index is 1280. The van der Waals surface area contributed by atoms with E-state index in [2.05, 4.69) is 33.8 Å². The minimum absolute atomic E-state index is 0.0127. The molecule has 0 aliphatic rings. The maximum atomic E-state index is 13.8. The van der Waals surface area contributed by atoms with Gasteiger partial charge in [-0.2, -0.15) is 13.2 Å². The van der Waals surface area contributed by atoms with Crippen molar-refractivity contribution >= 4 is 23.0 Å². The number of anilines is 3. The van der Waals surface area contributed by atoms with Gasteiger partial charge in [-0.3, -0.25) is 4.79 Å². The van der Waals surface area contributed by atoms with Crippen LogP contribution in [0.15, 0.2) is 67.9 Å². The zero-order valence-electron chi connectivity index (χ0n) is 19.5. The fourth-order valence-electron chi connectivity index (χ4n) is 3.38. The molecule has 0 atom stereocenters. The molecule has 3 rings (SSSR count). The molecule has 0 bridgehead atoms. The first-order valence-corrected chi connectivity index (χ1v) is 10.9. The Morgan fingerprint density at radius 3 is 2.50 bits per heavy atom. The number of carbonyl (C=O) groups is 1. The molecule has 36 heavy (non-hydrogen) atoms. The first kappa shape index (κ1) is 26.4. The normalized spacial score (nSPS) is 11.0. The number of hydrogen-bond acceptors (Lipinski definition) is 5. The zero-order valence-corrected chi connectivity index (χ0v) is 19.5. The van der Waals surface area contributed by atoms with E-state index in [0.29, 0.717) is 41.7 Å². The van der Waals surface area contributed by atoms with E-state index in [0.717, 1.165) is 6.20 Å². The lowest BCUT2D eigenvalue weighted by molar-refractivity contribution is -0.141. The van der Waals surface area contributed by atoms with Gasteiger partial charge in [0, 0.05) is 18.2 Å². The number of amides is 1. The minimum Gasteiger partial charge on any atom is -0.481 e. The molecular formula is C26H24F4N4O2. The molecule has 0 saturated carbocycles. The summed E-state index contributed by atoms with van der Waals surface area (Å²) in [6, 6.07) is 7.68. The molecule has 188 valence electrons. The summed E-state index contributed by atoms with van der Waals surface area (Å²) in [7, 11) is 1.44. The highest BCUT2D eigenvalue weighted by Gasteiger charge is 2.34. The van der Waals surface area contributed by atoms with Crippen LogP contribution in [0.3, 0.4) is 0 Å². The monoisotopic (exact) mass is 500 g/mol. The van der Waals surface area contributed by atoms with Gasteiger partial charge in [-0.25, -0.2) is 14.4 Å². The van der Waals surface area contributed by atoms with E-state index in [9.17, 15) is 22.4 Å². The van der Waals surface area contributed by atoms with Crippen LogP contribution in [0.1, 0.15) is 33.7 Å². The number of carbonyl (C=O) groups excluding carboxylic acids is 1. The first-order chi connectivity index (χ1) is 17.2. The average molecular weight is 500 g/mol. The molecule has 2 heterocycles. The highest BCUT2D eigenvalue weighted by atomic mass is 19.4. The fourth-order valence-corrected chi connectivity index (χ4v) is 3.38. The highest BCUT2D eigenvalue weighted by molar-refractivity contribution is 6.08. The van der Waals surface area contributed by atoms with Gasteiger partial charge in [0.1, 0.15) is 11.5 Å². The lowest BCUT2D eigenvalue weighted by Crippen LogP contribution is -2.18. The third kappa shape index (κ3) is 6.47. The summed E-state index contributed by atoms with van der Waals surface area (Å²) in [5, 5.41) is 5.55. The van der Waals surface area contributed by atoms with Gasteiger partial charge in [0.25, 0.3) is 5.91 Å². The molecule has 2 aromatic heterocycles. The molecule has 3 aromatic rings. The molecule has 0 spiro atoms. The maximum Gasteiger partial charge on any atom is 0.433 e. The van der Waals surface area contributed by atoms with Gasteiger partial charge in [0.05, 0.1) is 35.9 Å². The fraction of sp³-hybridized carbons (Fsp3) is 0.192. The van der Waals surface area contributed by atoms with Crippen molar-refractivity contribution in [3.8, 4) is 5.88 Å². The molecule has 0 unspecified atom stereocenters. The largest absolute Gasteiger partial charge is 0.481 e. The summed E-state index contributed by atoms with van der Waals surface area (Å²) in [5.41, 5.74) is 0.160. The average Bonchev–Trinajstić information content (AvgIpc) is 2.84. The van der Waals surface area contributed by atoms with Gasteiger partial charge in [-0.15, -0.1) is 13.2 Å². The van der Waals surface area contributed by atoms with Crippen molar-refractivity contribution in [2.75, 3.05) is 17.7 Å². The highest BCUT2D eigenvalue weighted by Crippen LogP contribution is 2.32. The summed E-state index contributed by atoms with van der Waals surface area (Å²) >= 11 is 0. The molecule has 0 radical (unpaired) electrons. The number of halogens is 4. The molecule has 6 nitrogen and oxygen atoms in total. The van der Waals surface area contributed by atoms with Gasteiger partial charge in [-0.05, 0) is 48.7 Å². The summed E-state index contributed by atoms with van der Waals surface area (Å²) in [6.07, 6.45) is 0.650. The standard InChI is InChI=1S/C26H24F4N4O2/c1-4-6-8-16-13-17(27)9-10-19(16)32-22-15-31-23(26(28,29)30)14-18(22)25(35)34-21-11-12-24(36-3)33-20(21)7-5-2/h4-5,9-15,32H,1-2,6-8H2,3H3,(H,34,35). The zero-order chi connectivity index (χ0) is 26.3. The number of ether oxygens (including phenoxy) is 1. The lowest BCUT2D eigenvalue weighted by Gasteiger charge is -2.17. The van der Waals surface area contributed by atoms with E-state index >= 15 is 0 Å². The number of hydrogen-bond donors (Lipinski definition) is 2. The van der Waals surface area contributed by atoms with Crippen molar-refractivity contribution in [3.05, 3.63) is 96.2 Å². The lowest BCUT2D eigenvalue weighted by atomic mass is 10.1. The van der Waals surface area contributed by atoms with E-state index in [-0.39, 0.29) is 23.4 Å². The number of aryl methyl sites for hydroxylation is 1. The van der Waals surface area contributed by atoms with Crippen molar-refractivity contribution in [3.63, 3.8) is 0 Å². The number of nitrogens with zero attached hydrogens (tertiary/aromatic N) is 2. The molecule has 0 fully saturated rings. The van der Waals surface area contributed by atoms with Crippen LogP contribution in [0.25, 0.3) is 0 Å². The van der Waals surface area contributed by atoms with Crippen molar-refractivity contribution in [1.82, 2.24) is 9.97 Å². The van der Waals surface area contributed by atoms with E-state index < -0.39 is 23.6 Å².